The molecule has 7 nitrogen and oxygen atoms in total. The Hall–Kier alpha value is -3.39. The van der Waals surface area contributed by atoms with Crippen molar-refractivity contribution in [2.24, 2.45) is 0 Å². The van der Waals surface area contributed by atoms with E-state index in [0.29, 0.717) is 27.4 Å². The SMILES string of the molecule is CCCCCCCN1C(=O)C(=c2sc3nc(-c4cccnc4)nn3c2=O)c2ccccc21. The van der Waals surface area contributed by atoms with E-state index in [1.54, 1.807) is 18.5 Å². The summed E-state index contributed by atoms with van der Waals surface area (Å²) in [5.74, 6) is 0.334. The summed E-state index contributed by atoms with van der Waals surface area (Å²) in [7, 11) is 0. The fraction of sp³-hybridized carbons (Fsp3) is 0.292. The number of hydrogen-bond donors (Lipinski definition) is 0. The summed E-state index contributed by atoms with van der Waals surface area (Å²) in [4.78, 5) is 37.5. The number of rotatable bonds is 7. The van der Waals surface area contributed by atoms with Crippen LogP contribution < -0.4 is 15.0 Å². The van der Waals surface area contributed by atoms with Crippen LogP contribution in [0.1, 0.15) is 44.6 Å². The topological polar surface area (TPSA) is 80.5 Å². The van der Waals surface area contributed by atoms with Crippen LogP contribution in [-0.2, 0) is 4.79 Å². The molecule has 1 aliphatic heterocycles. The van der Waals surface area contributed by atoms with Gasteiger partial charge in [-0.25, -0.2) is 0 Å². The van der Waals surface area contributed by atoms with Gasteiger partial charge in [-0.15, -0.1) is 5.10 Å². The molecule has 0 saturated heterocycles. The molecule has 0 atom stereocenters. The van der Waals surface area contributed by atoms with Gasteiger partial charge >= 0.3 is 0 Å². The zero-order chi connectivity index (χ0) is 22.1. The average Bonchev–Trinajstić information content (AvgIpc) is 3.45. The predicted molar refractivity (Wildman–Crippen MR) is 126 cm³/mol. The molecule has 0 fully saturated rings. The smallest absolute Gasteiger partial charge is 0.291 e. The molecule has 5 rings (SSSR count). The highest BCUT2D eigenvalue weighted by molar-refractivity contribution is 7.15. The molecule has 1 amide bonds. The molecule has 0 radical (unpaired) electrons. The van der Waals surface area contributed by atoms with Crippen LogP contribution in [-0.4, -0.2) is 32.0 Å². The van der Waals surface area contributed by atoms with Gasteiger partial charge in [-0.05, 0) is 24.6 Å². The number of aromatic nitrogens is 4. The highest BCUT2D eigenvalue weighted by Gasteiger charge is 2.33. The van der Waals surface area contributed by atoms with Crippen molar-refractivity contribution in [2.45, 2.75) is 39.0 Å². The summed E-state index contributed by atoms with van der Waals surface area (Å²) in [6.45, 7) is 2.84. The second kappa shape index (κ2) is 8.63. The lowest BCUT2D eigenvalue weighted by Crippen LogP contribution is -2.33. The molecule has 0 N–H and O–H groups in total. The van der Waals surface area contributed by atoms with E-state index in [4.69, 9.17) is 0 Å². The molecule has 0 spiro atoms. The van der Waals surface area contributed by atoms with Crippen molar-refractivity contribution in [3.05, 3.63) is 69.2 Å². The van der Waals surface area contributed by atoms with E-state index in [9.17, 15) is 9.59 Å². The van der Waals surface area contributed by atoms with Gasteiger partial charge in [-0.3, -0.25) is 14.6 Å². The monoisotopic (exact) mass is 445 g/mol. The van der Waals surface area contributed by atoms with Gasteiger partial charge in [0.2, 0.25) is 4.96 Å². The normalized spacial score (nSPS) is 15.0. The maximum atomic E-state index is 13.4. The second-order valence-corrected chi connectivity index (χ2v) is 8.85. The quantitative estimate of drug-likeness (QED) is 0.407. The van der Waals surface area contributed by atoms with Gasteiger partial charge in [0.25, 0.3) is 11.5 Å². The number of anilines is 1. The van der Waals surface area contributed by atoms with Crippen LogP contribution in [0.4, 0.5) is 5.69 Å². The molecule has 1 aliphatic rings. The Kier molecular flexibility index (Phi) is 5.53. The lowest BCUT2D eigenvalue weighted by Gasteiger charge is -2.16. The molecule has 32 heavy (non-hydrogen) atoms. The Balaban J connectivity index is 1.55. The zero-order valence-electron chi connectivity index (χ0n) is 17.8. The third kappa shape index (κ3) is 3.50. The number of benzene rings is 1. The van der Waals surface area contributed by atoms with E-state index >= 15 is 0 Å². The van der Waals surface area contributed by atoms with Crippen LogP contribution in [0.5, 0.6) is 0 Å². The highest BCUT2D eigenvalue weighted by Crippen LogP contribution is 2.35. The third-order valence-corrected chi connectivity index (χ3v) is 6.74. The number of unbranched alkanes of at least 4 members (excludes halogenated alkanes) is 4. The first-order valence-corrected chi connectivity index (χ1v) is 11.8. The van der Waals surface area contributed by atoms with Gasteiger partial charge < -0.3 is 4.90 Å². The van der Waals surface area contributed by atoms with Crippen molar-refractivity contribution in [1.29, 1.82) is 0 Å². The minimum atomic E-state index is -0.310. The summed E-state index contributed by atoms with van der Waals surface area (Å²) in [5, 5.41) is 4.38. The molecule has 0 aliphatic carbocycles. The first kappa shape index (κ1) is 20.5. The lowest BCUT2D eigenvalue weighted by atomic mass is 10.1. The van der Waals surface area contributed by atoms with Crippen LogP contribution in [0, 0.1) is 0 Å². The van der Waals surface area contributed by atoms with Crippen molar-refractivity contribution in [3.8, 4) is 11.4 Å². The van der Waals surface area contributed by atoms with Gasteiger partial charge in [0.1, 0.15) is 4.53 Å². The first-order valence-electron chi connectivity index (χ1n) is 10.9. The average molecular weight is 446 g/mol. The molecular weight excluding hydrogens is 422 g/mol. The third-order valence-electron chi connectivity index (χ3n) is 5.71. The Morgan fingerprint density at radius 1 is 1.00 bits per heavy atom. The van der Waals surface area contributed by atoms with Gasteiger partial charge in [0.05, 0.1) is 11.3 Å². The number of nitrogens with zero attached hydrogens (tertiary/aromatic N) is 5. The van der Waals surface area contributed by atoms with Crippen LogP contribution in [0.3, 0.4) is 0 Å². The Bertz CT molecular complexity index is 1390. The summed E-state index contributed by atoms with van der Waals surface area (Å²) < 4.78 is 1.68. The summed E-state index contributed by atoms with van der Waals surface area (Å²) in [6.07, 6.45) is 8.95. The number of fused-ring (bicyclic) bond motifs is 2. The molecule has 0 unspecified atom stereocenters. The summed E-state index contributed by atoms with van der Waals surface area (Å²) >= 11 is 1.21. The molecule has 0 saturated carbocycles. The van der Waals surface area contributed by atoms with Gasteiger partial charge in [-0.1, -0.05) is 62.1 Å². The molecule has 4 heterocycles. The second-order valence-electron chi connectivity index (χ2n) is 7.87. The number of hydrogen-bond acceptors (Lipinski definition) is 6. The molecule has 8 heteroatoms. The van der Waals surface area contributed by atoms with Crippen molar-refractivity contribution >= 4 is 33.5 Å². The van der Waals surface area contributed by atoms with Crippen molar-refractivity contribution in [2.75, 3.05) is 11.4 Å². The largest absolute Gasteiger partial charge is 0.308 e. The zero-order valence-corrected chi connectivity index (χ0v) is 18.6. The van der Waals surface area contributed by atoms with Crippen molar-refractivity contribution in [1.82, 2.24) is 19.6 Å². The maximum absolute atomic E-state index is 13.4. The molecule has 0 bridgehead atoms. The fourth-order valence-corrected chi connectivity index (χ4v) is 5.10. The van der Waals surface area contributed by atoms with E-state index in [0.717, 1.165) is 29.7 Å². The molecule has 1 aromatic carbocycles. The minimum absolute atomic E-state index is 0.115. The molecule has 3 aromatic heterocycles. The Morgan fingerprint density at radius 2 is 1.84 bits per heavy atom. The number of pyridine rings is 1. The van der Waals surface area contributed by atoms with E-state index in [1.165, 1.54) is 35.1 Å². The van der Waals surface area contributed by atoms with Gasteiger partial charge in [0, 0.05) is 30.1 Å². The number of para-hydroxylation sites is 1. The van der Waals surface area contributed by atoms with Gasteiger partial charge in [-0.2, -0.15) is 9.50 Å². The fourth-order valence-electron chi connectivity index (χ4n) is 4.10. The highest BCUT2D eigenvalue weighted by atomic mass is 32.1. The number of amides is 1. The van der Waals surface area contributed by atoms with Gasteiger partial charge in [0.15, 0.2) is 5.82 Å². The van der Waals surface area contributed by atoms with E-state index in [2.05, 4.69) is 22.0 Å². The van der Waals surface area contributed by atoms with Crippen molar-refractivity contribution in [3.63, 3.8) is 0 Å². The van der Waals surface area contributed by atoms with Crippen LogP contribution in [0.2, 0.25) is 0 Å². The summed E-state index contributed by atoms with van der Waals surface area (Å²) in [6, 6.07) is 11.3. The molecule has 4 aromatic rings. The van der Waals surface area contributed by atoms with E-state index < -0.39 is 0 Å². The van der Waals surface area contributed by atoms with E-state index in [-0.39, 0.29) is 11.5 Å². The maximum Gasteiger partial charge on any atom is 0.291 e. The van der Waals surface area contributed by atoms with Crippen LogP contribution in [0.15, 0.2) is 53.6 Å². The van der Waals surface area contributed by atoms with Crippen LogP contribution in [0.25, 0.3) is 21.9 Å². The van der Waals surface area contributed by atoms with Crippen LogP contribution >= 0.6 is 11.3 Å². The number of thiazole rings is 1. The first-order chi connectivity index (χ1) is 15.7. The molecule has 162 valence electrons. The minimum Gasteiger partial charge on any atom is -0.308 e. The standard InChI is InChI=1S/C24H23N5O2S/c1-2-3-4-5-8-14-28-18-12-7-6-11-17(18)19(22(28)30)20-23(31)29-24(32-20)26-21(27-29)16-10-9-13-25-15-16/h6-7,9-13,15H,2-5,8,14H2,1H3. The number of carbonyl (C=O) groups excluding carboxylic acids is 1. The lowest BCUT2D eigenvalue weighted by molar-refractivity contribution is -0.113. The molecular formula is C24H23N5O2S. The Morgan fingerprint density at radius 3 is 2.62 bits per heavy atom. The Labute approximate surface area is 189 Å². The number of carbonyl (C=O) groups is 1. The van der Waals surface area contributed by atoms with Crippen molar-refractivity contribution < 1.29 is 4.79 Å². The van der Waals surface area contributed by atoms with E-state index in [1.807, 2.05) is 35.2 Å². The summed E-state index contributed by atoms with van der Waals surface area (Å²) in [5.41, 5.74) is 2.57. The predicted octanol–water partition coefficient (Wildman–Crippen LogP) is 3.45.